The number of rotatable bonds is 3. The molecular weight excluding hydrogens is 242 g/mol. The van der Waals surface area contributed by atoms with Gasteiger partial charge in [0.25, 0.3) is 0 Å². The summed E-state index contributed by atoms with van der Waals surface area (Å²) in [6.07, 6.45) is 6.03. The van der Waals surface area contributed by atoms with Gasteiger partial charge in [-0.1, -0.05) is 24.3 Å². The molecule has 0 unspecified atom stereocenters. The Kier molecular flexibility index (Phi) is 3.86. The summed E-state index contributed by atoms with van der Waals surface area (Å²) >= 11 is 0. The maximum Gasteiger partial charge on any atom is 0.326 e. The average molecular weight is 257 g/mol. The topological polar surface area (TPSA) is 57.6 Å². The number of amides is 1. The van der Waals surface area contributed by atoms with Crippen LogP contribution < -0.4 is 0 Å². The van der Waals surface area contributed by atoms with E-state index in [0.717, 1.165) is 11.1 Å². The van der Waals surface area contributed by atoms with Gasteiger partial charge in [-0.05, 0) is 11.1 Å². The molecule has 1 amide bonds. The van der Waals surface area contributed by atoms with Crippen molar-refractivity contribution >= 4 is 11.9 Å². The van der Waals surface area contributed by atoms with Crippen molar-refractivity contribution in [2.24, 2.45) is 0 Å². The van der Waals surface area contributed by atoms with Crippen molar-refractivity contribution in [1.82, 2.24) is 4.90 Å². The fraction of sp³-hybridized carbons (Fsp3) is 0.333. The molecule has 0 aromatic heterocycles. The summed E-state index contributed by atoms with van der Waals surface area (Å²) in [5.74, 6) is 1.24. The molecule has 19 heavy (non-hydrogen) atoms. The summed E-state index contributed by atoms with van der Waals surface area (Å²) in [7, 11) is 0. The number of carboxylic acids is 1. The Labute approximate surface area is 112 Å². The third-order valence-corrected chi connectivity index (χ3v) is 3.34. The van der Waals surface area contributed by atoms with E-state index in [1.165, 1.54) is 4.90 Å². The SMILES string of the molecule is C#CCCC(=O)N1Cc2ccccc2C[C@H]1C(=O)O. The van der Waals surface area contributed by atoms with Gasteiger partial charge in [-0.2, -0.15) is 0 Å². The van der Waals surface area contributed by atoms with Gasteiger partial charge in [-0.25, -0.2) is 4.79 Å². The van der Waals surface area contributed by atoms with Crippen molar-refractivity contribution in [3.8, 4) is 12.3 Å². The van der Waals surface area contributed by atoms with E-state index in [2.05, 4.69) is 5.92 Å². The fourth-order valence-electron chi connectivity index (χ4n) is 2.33. The van der Waals surface area contributed by atoms with Crippen molar-refractivity contribution in [3.63, 3.8) is 0 Å². The maximum atomic E-state index is 12.0. The first-order chi connectivity index (χ1) is 9.13. The van der Waals surface area contributed by atoms with Crippen LogP contribution in [0.2, 0.25) is 0 Å². The second-order valence-electron chi connectivity index (χ2n) is 4.55. The van der Waals surface area contributed by atoms with Gasteiger partial charge in [0.2, 0.25) is 5.91 Å². The van der Waals surface area contributed by atoms with E-state index in [4.69, 9.17) is 6.42 Å². The molecule has 98 valence electrons. The van der Waals surface area contributed by atoms with Gasteiger partial charge in [0.15, 0.2) is 0 Å². The van der Waals surface area contributed by atoms with Crippen LogP contribution in [0.25, 0.3) is 0 Å². The summed E-state index contributed by atoms with van der Waals surface area (Å²) in [5.41, 5.74) is 2.00. The molecule has 1 aliphatic rings. The number of hydrogen-bond donors (Lipinski definition) is 1. The zero-order chi connectivity index (χ0) is 13.8. The molecule has 1 heterocycles. The van der Waals surface area contributed by atoms with Crippen LogP contribution in [0.3, 0.4) is 0 Å². The second-order valence-corrected chi connectivity index (χ2v) is 4.55. The van der Waals surface area contributed by atoms with Crippen LogP contribution in [0.1, 0.15) is 24.0 Å². The molecule has 1 aromatic rings. The normalized spacial score (nSPS) is 17.4. The van der Waals surface area contributed by atoms with E-state index < -0.39 is 12.0 Å². The van der Waals surface area contributed by atoms with Gasteiger partial charge in [0.05, 0.1) is 0 Å². The summed E-state index contributed by atoms with van der Waals surface area (Å²) in [4.78, 5) is 24.8. The van der Waals surface area contributed by atoms with Crippen LogP contribution in [-0.4, -0.2) is 27.9 Å². The molecule has 0 radical (unpaired) electrons. The minimum Gasteiger partial charge on any atom is -0.480 e. The number of terminal acetylenes is 1. The van der Waals surface area contributed by atoms with E-state index in [-0.39, 0.29) is 12.3 Å². The maximum absolute atomic E-state index is 12.0. The van der Waals surface area contributed by atoms with Crippen molar-refractivity contribution in [1.29, 1.82) is 0 Å². The Bertz CT molecular complexity index is 545. The number of carbonyl (C=O) groups excluding carboxylic acids is 1. The zero-order valence-corrected chi connectivity index (χ0v) is 10.5. The molecule has 0 fully saturated rings. The van der Waals surface area contributed by atoms with Gasteiger partial charge < -0.3 is 10.0 Å². The monoisotopic (exact) mass is 257 g/mol. The highest BCUT2D eigenvalue weighted by Crippen LogP contribution is 2.24. The van der Waals surface area contributed by atoms with Crippen LogP contribution in [0.4, 0.5) is 0 Å². The molecule has 1 atom stereocenters. The number of nitrogens with zero attached hydrogens (tertiary/aromatic N) is 1. The van der Waals surface area contributed by atoms with Gasteiger partial charge in [0, 0.05) is 25.8 Å². The van der Waals surface area contributed by atoms with Gasteiger partial charge >= 0.3 is 5.97 Å². The molecule has 0 saturated heterocycles. The standard InChI is InChI=1S/C15H15NO3/c1-2-3-8-14(17)16-10-12-7-5-4-6-11(12)9-13(16)15(18)19/h1,4-7,13H,3,8-10H2,(H,18,19)/t13-/m0/s1. The van der Waals surface area contributed by atoms with Crippen LogP contribution in [0.5, 0.6) is 0 Å². The molecule has 4 nitrogen and oxygen atoms in total. The lowest BCUT2D eigenvalue weighted by Crippen LogP contribution is -2.48. The molecule has 0 aliphatic carbocycles. The third-order valence-electron chi connectivity index (χ3n) is 3.34. The Balaban J connectivity index is 2.24. The van der Waals surface area contributed by atoms with Crippen molar-refractivity contribution in [2.45, 2.75) is 31.8 Å². The van der Waals surface area contributed by atoms with Crippen LogP contribution >= 0.6 is 0 Å². The lowest BCUT2D eigenvalue weighted by molar-refractivity contribution is -0.151. The molecule has 0 saturated carbocycles. The second kappa shape index (κ2) is 5.57. The first-order valence-electron chi connectivity index (χ1n) is 6.16. The van der Waals surface area contributed by atoms with Gasteiger partial charge in [0.1, 0.15) is 6.04 Å². The minimum absolute atomic E-state index is 0.195. The summed E-state index contributed by atoms with van der Waals surface area (Å²) in [6.45, 7) is 0.344. The van der Waals surface area contributed by atoms with Gasteiger partial charge in [-0.3, -0.25) is 4.79 Å². The molecule has 1 aliphatic heterocycles. The summed E-state index contributed by atoms with van der Waals surface area (Å²) in [6, 6.07) is 6.82. The Morgan fingerprint density at radius 1 is 1.37 bits per heavy atom. The number of benzene rings is 1. The number of hydrogen-bond acceptors (Lipinski definition) is 2. The van der Waals surface area contributed by atoms with Gasteiger partial charge in [-0.15, -0.1) is 12.3 Å². The Morgan fingerprint density at radius 2 is 2.05 bits per heavy atom. The number of fused-ring (bicyclic) bond motifs is 1. The molecule has 2 rings (SSSR count). The molecular formula is C15H15NO3. The predicted molar refractivity (Wildman–Crippen MR) is 70.2 cm³/mol. The molecule has 0 bridgehead atoms. The van der Waals surface area contributed by atoms with Crippen molar-refractivity contribution < 1.29 is 14.7 Å². The van der Waals surface area contributed by atoms with E-state index >= 15 is 0 Å². The van der Waals surface area contributed by atoms with Crippen LogP contribution in [0.15, 0.2) is 24.3 Å². The van der Waals surface area contributed by atoms with Crippen molar-refractivity contribution in [2.75, 3.05) is 0 Å². The van der Waals surface area contributed by atoms with Crippen LogP contribution in [-0.2, 0) is 22.6 Å². The highest BCUT2D eigenvalue weighted by molar-refractivity contribution is 5.84. The largest absolute Gasteiger partial charge is 0.480 e. The number of aliphatic carboxylic acids is 1. The molecule has 1 N–H and O–H groups in total. The van der Waals surface area contributed by atoms with E-state index in [1.54, 1.807) is 0 Å². The van der Waals surface area contributed by atoms with E-state index in [1.807, 2.05) is 24.3 Å². The Morgan fingerprint density at radius 3 is 2.68 bits per heavy atom. The Hall–Kier alpha value is -2.28. The lowest BCUT2D eigenvalue weighted by atomic mass is 9.93. The van der Waals surface area contributed by atoms with Crippen molar-refractivity contribution in [3.05, 3.63) is 35.4 Å². The highest BCUT2D eigenvalue weighted by atomic mass is 16.4. The molecule has 4 heteroatoms. The smallest absolute Gasteiger partial charge is 0.326 e. The number of carboxylic acid groups (broad SMARTS) is 1. The summed E-state index contributed by atoms with van der Waals surface area (Å²) < 4.78 is 0. The summed E-state index contributed by atoms with van der Waals surface area (Å²) in [5, 5.41) is 9.27. The lowest BCUT2D eigenvalue weighted by Gasteiger charge is -2.34. The highest BCUT2D eigenvalue weighted by Gasteiger charge is 2.33. The van der Waals surface area contributed by atoms with E-state index in [9.17, 15) is 14.7 Å². The molecule has 0 spiro atoms. The zero-order valence-electron chi connectivity index (χ0n) is 10.5. The minimum atomic E-state index is -0.969. The van der Waals surface area contributed by atoms with Crippen LogP contribution in [0, 0.1) is 12.3 Å². The third kappa shape index (κ3) is 2.76. The van der Waals surface area contributed by atoms with E-state index in [0.29, 0.717) is 19.4 Å². The fourth-order valence-corrected chi connectivity index (χ4v) is 2.33. The average Bonchev–Trinajstić information content (AvgIpc) is 2.43. The first-order valence-corrected chi connectivity index (χ1v) is 6.16. The number of carbonyl (C=O) groups is 2. The molecule has 1 aromatic carbocycles. The predicted octanol–water partition coefficient (Wildman–Crippen LogP) is 1.44. The quantitative estimate of drug-likeness (QED) is 0.833. The first kappa shape index (κ1) is 13.2.